The second-order valence-corrected chi connectivity index (χ2v) is 15.9. The second kappa shape index (κ2) is 12.9. The Kier molecular flexibility index (Phi) is 9.04. The van der Waals surface area contributed by atoms with E-state index in [-0.39, 0.29) is 64.1 Å². The van der Waals surface area contributed by atoms with Crippen LogP contribution in [0, 0.1) is 19.7 Å². The number of anilines is 1. The Morgan fingerprint density at radius 3 is 2.51 bits per heavy atom. The van der Waals surface area contributed by atoms with Gasteiger partial charge in [0.1, 0.15) is 29.7 Å². The molecule has 4 atom stereocenters. The average molecular weight is 737 g/mol. The zero-order chi connectivity index (χ0) is 36.6. The molecular weight excluding hydrogens is 695 g/mol. The molecule has 0 N–H and O–H groups in total. The molecule has 2 bridgehead atoms. The first kappa shape index (κ1) is 35.9. The molecule has 0 unspecified atom stereocenters. The monoisotopic (exact) mass is 736 g/mol. The number of aryl methyl sites for hydroxylation is 2. The Morgan fingerprint density at radius 1 is 1.04 bits per heavy atom. The van der Waals surface area contributed by atoms with Gasteiger partial charge in [0.2, 0.25) is 0 Å². The normalized spacial score (nSPS) is 25.4. The van der Waals surface area contributed by atoms with Crippen molar-refractivity contribution >= 4 is 34.4 Å². The summed E-state index contributed by atoms with van der Waals surface area (Å²) in [5, 5.41) is -0.104. The van der Waals surface area contributed by atoms with Gasteiger partial charge in [0, 0.05) is 43.2 Å². The van der Waals surface area contributed by atoms with Crippen molar-refractivity contribution in [3.63, 3.8) is 0 Å². The molecule has 0 saturated carbocycles. The van der Waals surface area contributed by atoms with Gasteiger partial charge >= 0.3 is 18.3 Å². The maximum atomic E-state index is 17.0. The number of aromatic nitrogens is 3. The first-order valence-electron chi connectivity index (χ1n) is 17.5. The van der Waals surface area contributed by atoms with Crippen LogP contribution in [0.15, 0.2) is 12.1 Å². The van der Waals surface area contributed by atoms with Crippen LogP contribution in [0.5, 0.6) is 6.01 Å². The van der Waals surface area contributed by atoms with Crippen molar-refractivity contribution in [3.8, 4) is 17.3 Å². The summed E-state index contributed by atoms with van der Waals surface area (Å²) in [5.74, 6) is -0.815. The summed E-state index contributed by atoms with van der Waals surface area (Å²) in [6.45, 7) is 10.1. The van der Waals surface area contributed by atoms with Crippen LogP contribution in [0.3, 0.4) is 0 Å². The minimum Gasteiger partial charge on any atom is -0.461 e. The van der Waals surface area contributed by atoms with Gasteiger partial charge in [-0.25, -0.2) is 13.6 Å². The van der Waals surface area contributed by atoms with E-state index in [9.17, 15) is 22.4 Å². The Bertz CT molecular complexity index is 1870. The van der Waals surface area contributed by atoms with Crippen LogP contribution >= 0.6 is 11.6 Å². The fourth-order valence-electron chi connectivity index (χ4n) is 8.59. The molecule has 1 amide bonds. The van der Waals surface area contributed by atoms with Gasteiger partial charge in [-0.3, -0.25) is 9.88 Å². The Hall–Kier alpha value is -3.52. The number of hydrogen-bond donors (Lipinski definition) is 0. The number of carbonyl (C=O) groups is 1. The third-order valence-corrected chi connectivity index (χ3v) is 10.9. The van der Waals surface area contributed by atoms with Gasteiger partial charge in [-0.05, 0) is 91.0 Å². The summed E-state index contributed by atoms with van der Waals surface area (Å²) < 4.78 is 86.7. The molecule has 1 aromatic carbocycles. The molecule has 4 aliphatic heterocycles. The van der Waals surface area contributed by atoms with Crippen LogP contribution in [-0.2, 0) is 10.9 Å². The third-order valence-electron chi connectivity index (χ3n) is 10.6. The van der Waals surface area contributed by atoms with Gasteiger partial charge in [-0.2, -0.15) is 23.1 Å². The Morgan fingerprint density at radius 2 is 1.78 bits per heavy atom. The maximum absolute atomic E-state index is 17.0. The van der Waals surface area contributed by atoms with Crippen LogP contribution in [0.1, 0.15) is 76.1 Å². The number of hydrogen-bond acceptors (Lipinski definition) is 8. The van der Waals surface area contributed by atoms with Crippen molar-refractivity contribution in [3.05, 3.63) is 39.8 Å². The van der Waals surface area contributed by atoms with Crippen molar-refractivity contribution < 1.29 is 36.2 Å². The summed E-state index contributed by atoms with van der Waals surface area (Å²) in [6.07, 6.45) is -2.27. The molecule has 15 heteroatoms. The largest absolute Gasteiger partial charge is 0.461 e. The highest BCUT2D eigenvalue weighted by atomic mass is 35.5. The quantitative estimate of drug-likeness (QED) is 0.244. The number of fused-ring (bicyclic) bond motifs is 4. The molecule has 4 aliphatic rings. The molecule has 2 aromatic heterocycles. The Labute approximate surface area is 298 Å². The number of benzene rings is 1. The van der Waals surface area contributed by atoms with Crippen molar-refractivity contribution in [2.75, 3.05) is 37.7 Å². The summed E-state index contributed by atoms with van der Waals surface area (Å²) >= 11 is 6.70. The molecule has 7 rings (SSSR count). The van der Waals surface area contributed by atoms with E-state index in [0.717, 1.165) is 25.8 Å². The lowest BCUT2D eigenvalue weighted by molar-refractivity contribution is -0.137. The van der Waals surface area contributed by atoms with Crippen LogP contribution in [0.25, 0.3) is 22.2 Å². The average Bonchev–Trinajstić information content (AvgIpc) is 3.62. The van der Waals surface area contributed by atoms with E-state index in [2.05, 4.69) is 14.9 Å². The van der Waals surface area contributed by atoms with Gasteiger partial charge < -0.3 is 19.3 Å². The Balaban J connectivity index is 1.34. The van der Waals surface area contributed by atoms with Crippen LogP contribution in [-0.4, -0.2) is 93.0 Å². The van der Waals surface area contributed by atoms with Gasteiger partial charge in [-0.15, -0.1) is 0 Å². The third kappa shape index (κ3) is 6.66. The van der Waals surface area contributed by atoms with Gasteiger partial charge in [0.05, 0.1) is 33.4 Å². The topological polar surface area (TPSA) is 83.9 Å². The number of halogens is 6. The van der Waals surface area contributed by atoms with Crippen LogP contribution in [0.4, 0.5) is 32.6 Å². The second-order valence-electron chi connectivity index (χ2n) is 15.4. The lowest BCUT2D eigenvalue weighted by Crippen LogP contribution is -2.45. The smallest absolute Gasteiger partial charge is 0.418 e. The van der Waals surface area contributed by atoms with Crippen molar-refractivity contribution in [1.29, 1.82) is 0 Å². The van der Waals surface area contributed by atoms with Crippen molar-refractivity contribution in [2.24, 2.45) is 0 Å². The zero-order valence-electron chi connectivity index (χ0n) is 29.3. The molecule has 9 nitrogen and oxygen atoms in total. The number of pyridine rings is 1. The molecule has 6 heterocycles. The number of amides is 1. The molecule has 0 radical (unpaired) electrons. The number of ether oxygens (including phenoxy) is 2. The molecule has 4 saturated heterocycles. The van der Waals surface area contributed by atoms with Gasteiger partial charge in [0.15, 0.2) is 5.82 Å². The first-order chi connectivity index (χ1) is 23.9. The predicted molar refractivity (Wildman–Crippen MR) is 182 cm³/mol. The number of rotatable bonds is 5. The highest BCUT2D eigenvalue weighted by molar-refractivity contribution is 6.34. The minimum absolute atomic E-state index is 0.0639. The van der Waals surface area contributed by atoms with E-state index in [4.69, 9.17) is 26.1 Å². The summed E-state index contributed by atoms with van der Waals surface area (Å²) in [5.41, 5.74) is -3.63. The van der Waals surface area contributed by atoms with Crippen molar-refractivity contribution in [1.82, 2.24) is 24.8 Å². The molecule has 0 aliphatic carbocycles. The molecular formula is C36H42ClF5N6O3. The predicted octanol–water partition coefficient (Wildman–Crippen LogP) is 8.05. The molecule has 51 heavy (non-hydrogen) atoms. The molecule has 0 spiro atoms. The molecule has 4 fully saturated rings. The van der Waals surface area contributed by atoms with E-state index in [1.165, 1.54) is 26.0 Å². The highest BCUT2D eigenvalue weighted by Crippen LogP contribution is 2.46. The van der Waals surface area contributed by atoms with E-state index in [0.29, 0.717) is 32.5 Å². The van der Waals surface area contributed by atoms with Crippen molar-refractivity contribution in [2.45, 2.75) is 109 Å². The number of alkyl halides is 4. The SMILES string of the molecule is Cc1cc(C)c(C(F)(F)F)c(-c2c(Cl)cc3c(N4CC[C@H]5CC[C@@H](C4)N5C(=O)OC(C)(C)C)nc(OC[C@@]45CCCN4C[C@H](F)C5)nc3c2F)n1. The summed E-state index contributed by atoms with van der Waals surface area (Å²) in [7, 11) is 0. The maximum Gasteiger partial charge on any atom is 0.418 e. The minimum atomic E-state index is -4.84. The highest BCUT2D eigenvalue weighted by Gasteiger charge is 2.50. The lowest BCUT2D eigenvalue weighted by Gasteiger charge is -2.32. The molecule has 276 valence electrons. The standard InChI is InChI=1S/C36H42ClF5N6O3/c1-19-13-20(2)43-30(27(19)36(40,41)42)26-25(37)14-24-29(28(26)39)44-32(50-18-35-10-6-11-47(35)16-21(38)15-35)45-31(24)46-12-9-22-7-8-23(17-46)48(22)33(49)51-34(3,4)5/h13-14,21-23H,6-12,15-18H2,1-5H3/t21-,22-,23+,35+/m1/s1. The number of carbonyl (C=O) groups excluding carboxylic acids is 1. The van der Waals surface area contributed by atoms with E-state index < -0.39 is 52.2 Å². The van der Waals surface area contributed by atoms with Gasteiger partial charge in [-0.1, -0.05) is 11.6 Å². The fraction of sp³-hybridized carbons (Fsp3) is 0.611. The van der Waals surface area contributed by atoms with Crippen LogP contribution < -0.4 is 9.64 Å². The first-order valence-corrected chi connectivity index (χ1v) is 17.9. The lowest BCUT2D eigenvalue weighted by atomic mass is 9.95. The van der Waals surface area contributed by atoms with E-state index in [1.54, 1.807) is 4.90 Å². The van der Waals surface area contributed by atoms with E-state index in [1.807, 2.05) is 25.7 Å². The zero-order valence-corrected chi connectivity index (χ0v) is 30.1. The van der Waals surface area contributed by atoms with Gasteiger partial charge in [0.25, 0.3) is 0 Å². The summed E-state index contributed by atoms with van der Waals surface area (Å²) in [6, 6.07) is 2.17. The summed E-state index contributed by atoms with van der Waals surface area (Å²) in [4.78, 5) is 32.4. The number of nitrogens with zero attached hydrogens (tertiary/aromatic N) is 6. The van der Waals surface area contributed by atoms with Crippen LogP contribution in [0.2, 0.25) is 5.02 Å². The fourth-order valence-corrected chi connectivity index (χ4v) is 8.87. The molecule has 3 aromatic rings. The van der Waals surface area contributed by atoms with E-state index >= 15 is 4.39 Å².